The topological polar surface area (TPSA) is 467 Å². The lowest BCUT2D eigenvalue weighted by Gasteiger charge is -2.53. The van der Waals surface area contributed by atoms with Crippen LogP contribution in [-0.4, -0.2) is 320 Å². The zero-order chi connectivity index (χ0) is 65.7. The quantitative estimate of drug-likeness (QED) is 0.0377. The van der Waals surface area contributed by atoms with Gasteiger partial charge in [0.15, 0.2) is 31.3 Å². The van der Waals surface area contributed by atoms with Crippen molar-refractivity contribution < 1.29 is 153 Å². The van der Waals surface area contributed by atoms with Crippen molar-refractivity contribution in [1.82, 2.24) is 0 Å². The van der Waals surface area contributed by atoms with E-state index in [-0.39, 0.29) is 50.0 Å². The summed E-state index contributed by atoms with van der Waals surface area (Å²) < 4.78 is 82.4. The highest BCUT2D eigenvalue weighted by Crippen LogP contribution is 2.46. The molecule has 0 amide bonds. The Labute approximate surface area is 526 Å². The van der Waals surface area contributed by atoms with Crippen LogP contribution in [0.3, 0.4) is 0 Å². The first-order chi connectivity index (χ1) is 43.4. The molecule has 15 N–H and O–H groups in total. The molecular weight excluding hydrogens is 1220 g/mol. The van der Waals surface area contributed by atoms with E-state index in [0.717, 1.165) is 0 Å². The highest BCUT2D eigenvalue weighted by atomic mass is 16.7. The lowest BCUT2D eigenvalue weighted by molar-refractivity contribution is -0.352. The van der Waals surface area contributed by atoms with E-state index in [0.29, 0.717) is 44.9 Å². The van der Waals surface area contributed by atoms with Gasteiger partial charge in [-0.25, -0.2) is 9.59 Å². The molecule has 0 spiro atoms. The first-order valence-electron chi connectivity index (χ1n) is 31.7. The molecule has 9 fully saturated rings. The van der Waals surface area contributed by atoms with Crippen LogP contribution in [0.4, 0.5) is 0 Å². The summed E-state index contributed by atoms with van der Waals surface area (Å²) in [5.74, 6) is -2.84. The molecule has 0 radical (unpaired) electrons. The van der Waals surface area contributed by atoms with Gasteiger partial charge in [-0.15, -0.1) is 0 Å². The van der Waals surface area contributed by atoms with Crippen LogP contribution in [0.15, 0.2) is 24.3 Å². The summed E-state index contributed by atoms with van der Waals surface area (Å²) in [5.41, 5.74) is 0. The Balaban J connectivity index is 0.760. The summed E-state index contributed by atoms with van der Waals surface area (Å²) >= 11 is 0. The Hall–Kier alpha value is -2.66. The smallest absolute Gasteiger partial charge is 0.330 e. The fourth-order valence-electron chi connectivity index (χ4n) is 14.4. The molecule has 0 bridgehead atoms. The van der Waals surface area contributed by atoms with Gasteiger partial charge in [0.25, 0.3) is 0 Å². The number of esters is 2. The van der Waals surface area contributed by atoms with E-state index >= 15 is 0 Å². The summed E-state index contributed by atoms with van der Waals surface area (Å²) in [6, 6.07) is 0. The first kappa shape index (κ1) is 72.6. The maximum atomic E-state index is 13.2. The molecule has 4 aliphatic carbocycles. The minimum Gasteiger partial charge on any atom is -0.460 e. The number of ether oxygens (including phenoxy) is 14. The summed E-state index contributed by atoms with van der Waals surface area (Å²) in [7, 11) is 4.38. The van der Waals surface area contributed by atoms with Crippen LogP contribution in [0.1, 0.15) is 84.0 Å². The van der Waals surface area contributed by atoms with Crippen LogP contribution in [0.5, 0.6) is 0 Å². The largest absolute Gasteiger partial charge is 0.460 e. The van der Waals surface area contributed by atoms with Crippen LogP contribution in [0.2, 0.25) is 0 Å². The fourth-order valence-corrected chi connectivity index (χ4v) is 14.4. The van der Waals surface area contributed by atoms with Crippen molar-refractivity contribution in [2.45, 2.75) is 274 Å². The SMILES string of the molecule is COC1CC(C=CC(=O)OCC2OC(OC3CCC(C=CC(=O)OC4C(C)OC(OCC5OC(OC6CC7C(OC8OC(CO)C(O)C(O)C8O)CC(O)CC7OC6C6CC(OC)C(O)C(OC)C6)C(O)C(O)C5O)C(O)C4O)CC3)C(O)C(O)C2O)CCC1O. The summed E-state index contributed by atoms with van der Waals surface area (Å²) in [6.45, 7) is -0.320. The third-order valence-electron chi connectivity index (χ3n) is 19.9. The molecule has 31 atom stereocenters. The number of hydrogen-bond donors (Lipinski definition) is 15. The number of carbonyl (C=O) groups is 2. The average Bonchev–Trinajstić information content (AvgIpc) is 0.801. The predicted molar refractivity (Wildman–Crippen MR) is 302 cm³/mol. The number of aliphatic hydroxyl groups excluding tert-OH is 15. The standard InChI is InChI=1S/C60H96O31/c1-24-55(91-42(65)14-8-25-5-10-29(11-6-25)84-58-51(74)48(71)45(68)39(89-58)22-81-41(64)13-9-26-7-12-31(63)34(15-26)78-2)50(73)54(77)57(83-24)82-23-40-46(69)49(72)53(76)60(90-40)87-37-20-30-32(85-56(37)27-16-35(79-3)43(66)36(17-27)80-4)18-28(62)19-33(30)86-59-52(75)47(70)44(67)38(21-61)88-59/h8-9,13-14,24-40,43-63,66-77H,5-7,10-12,15-23H2,1-4H3. The second-order valence-corrected chi connectivity index (χ2v) is 25.9. The average molecular weight is 1310 g/mol. The van der Waals surface area contributed by atoms with E-state index < -0.39 is 227 Å². The minimum atomic E-state index is -1.91. The highest BCUT2D eigenvalue weighted by molar-refractivity contribution is 5.82. The van der Waals surface area contributed by atoms with Gasteiger partial charge in [-0.3, -0.25) is 0 Å². The van der Waals surface area contributed by atoms with Gasteiger partial charge >= 0.3 is 11.9 Å². The third kappa shape index (κ3) is 17.2. The normalized spacial score (nSPS) is 49.3. The van der Waals surface area contributed by atoms with E-state index in [1.54, 1.807) is 12.2 Å². The Bertz CT molecular complexity index is 2320. The Morgan fingerprint density at radius 3 is 1.59 bits per heavy atom. The van der Waals surface area contributed by atoms with Crippen LogP contribution in [-0.2, 0) is 75.9 Å². The summed E-state index contributed by atoms with van der Waals surface area (Å²) in [5, 5.41) is 162. The monoisotopic (exact) mass is 1310 g/mol. The van der Waals surface area contributed by atoms with Crippen LogP contribution in [0.25, 0.3) is 0 Å². The van der Waals surface area contributed by atoms with Crippen molar-refractivity contribution in [3.05, 3.63) is 24.3 Å². The van der Waals surface area contributed by atoms with Crippen LogP contribution >= 0.6 is 0 Å². The molecule has 9 aliphatic rings. The lowest BCUT2D eigenvalue weighted by Crippen LogP contribution is -2.64. The molecule has 4 saturated carbocycles. The molecule has 5 saturated heterocycles. The van der Waals surface area contributed by atoms with Gasteiger partial charge in [0, 0.05) is 45.8 Å². The number of aliphatic hydroxyl groups is 15. The van der Waals surface area contributed by atoms with Crippen molar-refractivity contribution >= 4 is 11.9 Å². The fraction of sp³-hybridized carbons (Fsp3) is 0.900. The number of fused-ring (bicyclic) bond motifs is 1. The number of allylic oxidation sites excluding steroid dienone is 2. The molecule has 0 aromatic carbocycles. The van der Waals surface area contributed by atoms with E-state index in [4.69, 9.17) is 66.3 Å². The summed E-state index contributed by atoms with van der Waals surface area (Å²) in [4.78, 5) is 25.8. The first-order valence-corrected chi connectivity index (χ1v) is 31.7. The minimum absolute atomic E-state index is 0.00851. The highest BCUT2D eigenvalue weighted by Gasteiger charge is 2.56. The zero-order valence-corrected chi connectivity index (χ0v) is 51.4. The molecule has 31 nitrogen and oxygen atoms in total. The van der Waals surface area contributed by atoms with Gasteiger partial charge in [-0.05, 0) is 95.3 Å². The van der Waals surface area contributed by atoms with Gasteiger partial charge in [0.05, 0.1) is 80.4 Å². The molecule has 5 aliphatic heterocycles. The summed E-state index contributed by atoms with van der Waals surface area (Å²) in [6.07, 6.45) is -30.4. The Morgan fingerprint density at radius 1 is 0.462 bits per heavy atom. The number of carbonyl (C=O) groups excluding carboxylic acids is 2. The van der Waals surface area contributed by atoms with Gasteiger partial charge in [-0.2, -0.15) is 0 Å². The number of hydrogen-bond acceptors (Lipinski definition) is 31. The predicted octanol–water partition coefficient (Wildman–Crippen LogP) is -5.30. The zero-order valence-electron chi connectivity index (χ0n) is 51.4. The lowest BCUT2D eigenvalue weighted by atomic mass is 9.72. The Kier molecular flexibility index (Phi) is 26.0. The Morgan fingerprint density at radius 2 is 0.989 bits per heavy atom. The van der Waals surface area contributed by atoms with E-state index in [1.165, 1.54) is 40.4 Å². The van der Waals surface area contributed by atoms with Crippen LogP contribution in [0, 0.1) is 23.7 Å². The maximum absolute atomic E-state index is 13.2. The van der Waals surface area contributed by atoms with E-state index in [1.807, 2.05) is 0 Å². The molecule has 522 valence electrons. The van der Waals surface area contributed by atoms with Crippen LogP contribution < -0.4 is 0 Å². The number of methoxy groups -OCH3 is 3. The van der Waals surface area contributed by atoms with Crippen molar-refractivity contribution in [2.75, 3.05) is 41.2 Å². The van der Waals surface area contributed by atoms with Crippen molar-refractivity contribution in [3.63, 3.8) is 0 Å². The molecule has 5 heterocycles. The molecule has 0 aromatic rings. The molecule has 9 rings (SSSR count). The van der Waals surface area contributed by atoms with Crippen molar-refractivity contribution in [2.24, 2.45) is 23.7 Å². The van der Waals surface area contributed by atoms with E-state index in [9.17, 15) is 86.2 Å². The van der Waals surface area contributed by atoms with Gasteiger partial charge < -0.3 is 143 Å². The van der Waals surface area contributed by atoms with Gasteiger partial charge in [0.1, 0.15) is 98.2 Å². The maximum Gasteiger partial charge on any atom is 0.330 e. The second kappa shape index (κ2) is 32.6. The molecule has 31 unspecified atom stereocenters. The van der Waals surface area contributed by atoms with E-state index in [2.05, 4.69) is 0 Å². The molecular formula is C60H96O31. The molecule has 91 heavy (non-hydrogen) atoms. The van der Waals surface area contributed by atoms with Crippen molar-refractivity contribution in [3.8, 4) is 0 Å². The molecule has 0 aromatic heterocycles. The van der Waals surface area contributed by atoms with Gasteiger partial charge in [-0.1, -0.05) is 12.2 Å². The number of rotatable bonds is 21. The third-order valence-corrected chi connectivity index (χ3v) is 19.9. The molecule has 31 heteroatoms. The van der Waals surface area contributed by atoms with Crippen molar-refractivity contribution in [1.29, 1.82) is 0 Å². The van der Waals surface area contributed by atoms with Gasteiger partial charge in [0.2, 0.25) is 0 Å². The second-order valence-electron chi connectivity index (χ2n) is 25.9.